The molecule has 1 N–H and O–H groups in total. The van der Waals surface area contributed by atoms with Crippen LogP contribution in [0.2, 0.25) is 0 Å². The summed E-state index contributed by atoms with van der Waals surface area (Å²) >= 11 is 0. The topological polar surface area (TPSA) is 23.5 Å². The van der Waals surface area contributed by atoms with E-state index in [9.17, 15) is 9.50 Å². The molecule has 0 spiro atoms. The SMILES string of the molecule is CC(C)(O)CN1CCC(C)(F)C1. The molecule has 1 fully saturated rings. The minimum absolute atomic E-state index is 0.455. The minimum atomic E-state index is -1.05. The summed E-state index contributed by atoms with van der Waals surface area (Å²) in [6.07, 6.45) is 0.586. The van der Waals surface area contributed by atoms with Gasteiger partial charge < -0.3 is 5.11 Å². The predicted octanol–water partition coefficient (Wildman–Crippen LogP) is 1.19. The number of β-amino-alcohol motifs (C(OH)–C–C–N with tert-alkyl or cyclic N) is 1. The van der Waals surface area contributed by atoms with Crippen molar-refractivity contribution in [1.82, 2.24) is 4.90 Å². The van der Waals surface area contributed by atoms with Gasteiger partial charge in [-0.15, -0.1) is 0 Å². The van der Waals surface area contributed by atoms with E-state index in [-0.39, 0.29) is 0 Å². The van der Waals surface area contributed by atoms with Gasteiger partial charge in [0.15, 0.2) is 0 Å². The van der Waals surface area contributed by atoms with Crippen molar-refractivity contribution in [2.75, 3.05) is 19.6 Å². The van der Waals surface area contributed by atoms with Crippen molar-refractivity contribution in [3.05, 3.63) is 0 Å². The van der Waals surface area contributed by atoms with E-state index in [4.69, 9.17) is 0 Å². The lowest BCUT2D eigenvalue weighted by Gasteiger charge is -2.25. The van der Waals surface area contributed by atoms with Gasteiger partial charge in [0.2, 0.25) is 0 Å². The van der Waals surface area contributed by atoms with Crippen LogP contribution in [0.5, 0.6) is 0 Å². The van der Waals surface area contributed by atoms with E-state index in [0.717, 1.165) is 6.54 Å². The Morgan fingerprint density at radius 2 is 2.17 bits per heavy atom. The molecule has 0 aromatic carbocycles. The summed E-state index contributed by atoms with van der Waals surface area (Å²) in [5.74, 6) is 0. The normalized spacial score (nSPS) is 32.8. The zero-order valence-corrected chi connectivity index (χ0v) is 8.10. The van der Waals surface area contributed by atoms with Crippen molar-refractivity contribution < 1.29 is 9.50 Å². The van der Waals surface area contributed by atoms with Gasteiger partial charge in [-0.1, -0.05) is 0 Å². The van der Waals surface area contributed by atoms with E-state index >= 15 is 0 Å². The van der Waals surface area contributed by atoms with Gasteiger partial charge in [0.1, 0.15) is 5.67 Å². The third-order valence-electron chi connectivity index (χ3n) is 2.11. The number of aliphatic hydroxyl groups is 1. The Labute approximate surface area is 73.4 Å². The second-order valence-corrected chi connectivity index (χ2v) is 4.69. The molecule has 0 amide bonds. The van der Waals surface area contributed by atoms with Crippen molar-refractivity contribution in [2.45, 2.75) is 38.5 Å². The van der Waals surface area contributed by atoms with Gasteiger partial charge in [0.05, 0.1) is 5.60 Å². The van der Waals surface area contributed by atoms with Crippen LogP contribution in [0.25, 0.3) is 0 Å². The highest BCUT2D eigenvalue weighted by molar-refractivity contribution is 4.88. The van der Waals surface area contributed by atoms with Crippen LogP contribution in [0.15, 0.2) is 0 Å². The van der Waals surface area contributed by atoms with Crippen LogP contribution in [0, 0.1) is 0 Å². The molecule has 0 aromatic rings. The summed E-state index contributed by atoms with van der Waals surface area (Å²) in [6, 6.07) is 0. The van der Waals surface area contributed by atoms with E-state index in [2.05, 4.69) is 0 Å². The summed E-state index contributed by atoms with van der Waals surface area (Å²) in [7, 11) is 0. The average molecular weight is 175 g/mol. The number of likely N-dealkylation sites (tertiary alicyclic amines) is 1. The minimum Gasteiger partial charge on any atom is -0.389 e. The second kappa shape index (κ2) is 2.96. The molecular weight excluding hydrogens is 157 g/mol. The Kier molecular flexibility index (Phi) is 2.45. The van der Waals surface area contributed by atoms with Gasteiger partial charge >= 0.3 is 0 Å². The van der Waals surface area contributed by atoms with Crippen LogP contribution in [-0.2, 0) is 0 Å². The smallest absolute Gasteiger partial charge is 0.122 e. The first-order chi connectivity index (χ1) is 5.29. The molecule has 1 saturated heterocycles. The Balaban J connectivity index is 2.39. The lowest BCUT2D eigenvalue weighted by Crippen LogP contribution is -2.38. The van der Waals surface area contributed by atoms with Crippen molar-refractivity contribution in [2.24, 2.45) is 0 Å². The Hall–Kier alpha value is -0.150. The number of alkyl halides is 1. The fraction of sp³-hybridized carbons (Fsp3) is 1.00. The zero-order chi connectivity index (χ0) is 9.41. The molecule has 1 aliphatic rings. The van der Waals surface area contributed by atoms with Crippen LogP contribution in [0.1, 0.15) is 27.2 Å². The first kappa shape index (κ1) is 9.93. The predicted molar refractivity (Wildman–Crippen MR) is 46.9 cm³/mol. The molecule has 0 aromatic heterocycles. The molecule has 1 rings (SSSR count). The molecule has 3 heteroatoms. The maximum absolute atomic E-state index is 13.3. The molecule has 0 bridgehead atoms. The van der Waals surface area contributed by atoms with E-state index in [1.807, 2.05) is 4.90 Å². The molecule has 12 heavy (non-hydrogen) atoms. The Bertz CT molecular complexity index is 162. The molecule has 0 aliphatic carbocycles. The van der Waals surface area contributed by atoms with E-state index < -0.39 is 11.3 Å². The molecule has 1 heterocycles. The average Bonchev–Trinajstić information content (AvgIpc) is 2.05. The van der Waals surface area contributed by atoms with Crippen LogP contribution in [0.4, 0.5) is 4.39 Å². The van der Waals surface area contributed by atoms with E-state index in [1.54, 1.807) is 20.8 Å². The molecule has 0 radical (unpaired) electrons. The first-order valence-electron chi connectivity index (χ1n) is 4.42. The van der Waals surface area contributed by atoms with E-state index in [1.165, 1.54) is 0 Å². The summed E-state index contributed by atoms with van der Waals surface area (Å²) in [5, 5.41) is 9.48. The molecular formula is C9H18FNO. The van der Waals surface area contributed by atoms with Crippen molar-refractivity contribution in [3.8, 4) is 0 Å². The fourth-order valence-corrected chi connectivity index (χ4v) is 1.70. The van der Waals surface area contributed by atoms with Crippen LogP contribution >= 0.6 is 0 Å². The maximum Gasteiger partial charge on any atom is 0.122 e. The molecule has 1 atom stereocenters. The van der Waals surface area contributed by atoms with Crippen LogP contribution in [-0.4, -0.2) is 40.9 Å². The zero-order valence-electron chi connectivity index (χ0n) is 8.10. The van der Waals surface area contributed by atoms with Crippen LogP contribution < -0.4 is 0 Å². The van der Waals surface area contributed by atoms with Crippen LogP contribution in [0.3, 0.4) is 0 Å². The Morgan fingerprint density at radius 1 is 1.58 bits per heavy atom. The van der Waals surface area contributed by atoms with Gasteiger partial charge in [0, 0.05) is 19.6 Å². The molecule has 0 saturated carbocycles. The molecule has 1 aliphatic heterocycles. The van der Waals surface area contributed by atoms with E-state index in [0.29, 0.717) is 19.5 Å². The molecule has 2 nitrogen and oxygen atoms in total. The summed E-state index contributed by atoms with van der Waals surface area (Å²) < 4.78 is 13.3. The second-order valence-electron chi connectivity index (χ2n) is 4.69. The van der Waals surface area contributed by atoms with Gasteiger partial charge in [-0.2, -0.15) is 0 Å². The highest BCUT2D eigenvalue weighted by Gasteiger charge is 2.35. The van der Waals surface area contributed by atoms with Gasteiger partial charge in [-0.3, -0.25) is 4.90 Å². The largest absolute Gasteiger partial charge is 0.389 e. The molecule has 72 valence electrons. The Morgan fingerprint density at radius 3 is 2.50 bits per heavy atom. The van der Waals surface area contributed by atoms with Gasteiger partial charge in [-0.05, 0) is 27.2 Å². The van der Waals surface area contributed by atoms with Crippen molar-refractivity contribution in [3.63, 3.8) is 0 Å². The number of halogens is 1. The maximum atomic E-state index is 13.3. The van der Waals surface area contributed by atoms with Crippen molar-refractivity contribution in [1.29, 1.82) is 0 Å². The third-order valence-corrected chi connectivity index (χ3v) is 2.11. The van der Waals surface area contributed by atoms with Crippen molar-refractivity contribution >= 4 is 0 Å². The third kappa shape index (κ3) is 3.07. The van der Waals surface area contributed by atoms with Gasteiger partial charge in [0.25, 0.3) is 0 Å². The first-order valence-corrected chi connectivity index (χ1v) is 4.42. The summed E-state index contributed by atoms with van der Waals surface area (Å²) in [4.78, 5) is 1.97. The fourth-order valence-electron chi connectivity index (χ4n) is 1.70. The number of rotatable bonds is 2. The highest BCUT2D eigenvalue weighted by Crippen LogP contribution is 2.25. The number of nitrogens with zero attached hydrogens (tertiary/aromatic N) is 1. The monoisotopic (exact) mass is 175 g/mol. The lowest BCUT2D eigenvalue weighted by atomic mass is 10.1. The molecule has 1 unspecified atom stereocenters. The summed E-state index contributed by atoms with van der Waals surface area (Å²) in [5.41, 5.74) is -1.76. The lowest BCUT2D eigenvalue weighted by molar-refractivity contribution is 0.0389. The number of hydrogen-bond acceptors (Lipinski definition) is 2. The standard InChI is InChI=1S/C9H18FNO/c1-8(2,12)6-11-5-4-9(3,10)7-11/h12H,4-7H2,1-3H3. The quantitative estimate of drug-likeness (QED) is 0.681. The van der Waals surface area contributed by atoms with Gasteiger partial charge in [-0.25, -0.2) is 4.39 Å². The summed E-state index contributed by atoms with van der Waals surface area (Å²) in [6.45, 7) is 6.90. The number of hydrogen-bond donors (Lipinski definition) is 1. The highest BCUT2D eigenvalue weighted by atomic mass is 19.1.